The summed E-state index contributed by atoms with van der Waals surface area (Å²) in [6, 6.07) is 6.41. The average Bonchev–Trinajstić information content (AvgIpc) is 3.15. The van der Waals surface area contributed by atoms with Crippen LogP contribution >= 0.6 is 0 Å². The molecule has 2 aliphatic rings. The van der Waals surface area contributed by atoms with Crippen molar-refractivity contribution in [2.24, 2.45) is 0 Å². The standard InChI is InChI=1S/C20H27N3O3S/c1-2-11-21-27(25,26)19-10-6-8-17(15-19)20(24)23-14-7-9-18(23)16-22-12-4-3-5-13-22/h1,6,8,10,15,18,21H,3-5,7,9,11-14,16H2/t18-/m0/s1. The van der Waals surface area contributed by atoms with Crippen molar-refractivity contribution in [1.29, 1.82) is 0 Å². The molecule has 6 nitrogen and oxygen atoms in total. The molecule has 1 aromatic carbocycles. The first-order valence-electron chi connectivity index (χ1n) is 9.58. The Morgan fingerprint density at radius 1 is 1.19 bits per heavy atom. The molecule has 2 aliphatic heterocycles. The van der Waals surface area contributed by atoms with E-state index in [4.69, 9.17) is 6.42 Å². The molecule has 0 radical (unpaired) electrons. The van der Waals surface area contributed by atoms with Gasteiger partial charge in [-0.15, -0.1) is 6.42 Å². The largest absolute Gasteiger partial charge is 0.334 e. The Kier molecular flexibility index (Phi) is 6.53. The van der Waals surface area contributed by atoms with Gasteiger partial charge in [-0.05, 0) is 57.0 Å². The van der Waals surface area contributed by atoms with Gasteiger partial charge in [0, 0.05) is 24.7 Å². The number of sulfonamides is 1. The summed E-state index contributed by atoms with van der Waals surface area (Å²) >= 11 is 0. The number of likely N-dealkylation sites (tertiary alicyclic amines) is 2. The van der Waals surface area contributed by atoms with Crippen LogP contribution in [-0.2, 0) is 10.0 Å². The molecule has 2 fully saturated rings. The second-order valence-electron chi connectivity index (χ2n) is 7.21. The molecule has 1 N–H and O–H groups in total. The monoisotopic (exact) mass is 389 g/mol. The predicted octanol–water partition coefficient (Wildman–Crippen LogP) is 1.69. The van der Waals surface area contributed by atoms with Crippen LogP contribution in [0.5, 0.6) is 0 Å². The quantitative estimate of drug-likeness (QED) is 0.752. The van der Waals surface area contributed by atoms with Crippen LogP contribution in [0.15, 0.2) is 29.2 Å². The van der Waals surface area contributed by atoms with Crippen LogP contribution in [0.4, 0.5) is 0 Å². The molecule has 0 bridgehead atoms. The van der Waals surface area contributed by atoms with Gasteiger partial charge in [0.15, 0.2) is 0 Å². The number of carbonyl (C=O) groups excluding carboxylic acids is 1. The Balaban J connectivity index is 1.73. The summed E-state index contributed by atoms with van der Waals surface area (Å²) in [6.45, 7) is 3.77. The zero-order valence-corrected chi connectivity index (χ0v) is 16.4. The van der Waals surface area contributed by atoms with E-state index in [9.17, 15) is 13.2 Å². The molecule has 0 aromatic heterocycles. The molecular formula is C20H27N3O3S. The maximum Gasteiger partial charge on any atom is 0.254 e. The molecule has 7 heteroatoms. The molecular weight excluding hydrogens is 362 g/mol. The second-order valence-corrected chi connectivity index (χ2v) is 8.98. The number of rotatable bonds is 6. The molecule has 146 valence electrons. The summed E-state index contributed by atoms with van der Waals surface area (Å²) in [4.78, 5) is 17.5. The van der Waals surface area contributed by atoms with Gasteiger partial charge in [-0.3, -0.25) is 4.79 Å². The molecule has 0 spiro atoms. The highest BCUT2D eigenvalue weighted by Gasteiger charge is 2.31. The van der Waals surface area contributed by atoms with Gasteiger partial charge < -0.3 is 9.80 Å². The maximum absolute atomic E-state index is 13.1. The molecule has 2 saturated heterocycles. The molecule has 0 aliphatic carbocycles. The van der Waals surface area contributed by atoms with E-state index < -0.39 is 10.0 Å². The fourth-order valence-corrected chi connectivity index (χ4v) is 4.89. The first-order chi connectivity index (χ1) is 13.0. The highest BCUT2D eigenvalue weighted by Crippen LogP contribution is 2.23. The first kappa shape index (κ1) is 19.9. The van der Waals surface area contributed by atoms with Gasteiger partial charge in [0.1, 0.15) is 0 Å². The van der Waals surface area contributed by atoms with Gasteiger partial charge >= 0.3 is 0 Å². The first-order valence-corrected chi connectivity index (χ1v) is 11.1. The number of nitrogens with one attached hydrogen (secondary N) is 1. The Morgan fingerprint density at radius 3 is 2.70 bits per heavy atom. The number of terminal acetylenes is 1. The fraction of sp³-hybridized carbons (Fsp3) is 0.550. The molecule has 27 heavy (non-hydrogen) atoms. The smallest absolute Gasteiger partial charge is 0.254 e. The van der Waals surface area contributed by atoms with Crippen molar-refractivity contribution in [1.82, 2.24) is 14.5 Å². The predicted molar refractivity (Wildman–Crippen MR) is 105 cm³/mol. The minimum atomic E-state index is -3.71. The van der Waals surface area contributed by atoms with Crippen molar-refractivity contribution in [2.75, 3.05) is 32.7 Å². The number of hydrogen-bond donors (Lipinski definition) is 1. The van der Waals surface area contributed by atoms with Gasteiger partial charge in [0.2, 0.25) is 10.0 Å². The number of benzene rings is 1. The average molecular weight is 390 g/mol. The van der Waals surface area contributed by atoms with Crippen LogP contribution < -0.4 is 4.72 Å². The number of carbonyl (C=O) groups is 1. The van der Waals surface area contributed by atoms with Crippen LogP contribution in [-0.4, -0.2) is 62.9 Å². The van der Waals surface area contributed by atoms with Crippen LogP contribution in [0.25, 0.3) is 0 Å². The number of piperidine rings is 1. The molecule has 3 rings (SSSR count). The number of amides is 1. The lowest BCUT2D eigenvalue weighted by Crippen LogP contribution is -2.44. The maximum atomic E-state index is 13.1. The van der Waals surface area contributed by atoms with Crippen LogP contribution in [0.1, 0.15) is 42.5 Å². The van der Waals surface area contributed by atoms with E-state index in [-0.39, 0.29) is 23.4 Å². The van der Waals surface area contributed by atoms with Crippen LogP contribution in [0, 0.1) is 12.3 Å². The van der Waals surface area contributed by atoms with E-state index in [1.165, 1.54) is 31.4 Å². The minimum absolute atomic E-state index is 0.0652. The third-order valence-corrected chi connectivity index (χ3v) is 6.71. The van der Waals surface area contributed by atoms with Gasteiger partial charge in [-0.1, -0.05) is 18.4 Å². The van der Waals surface area contributed by atoms with Gasteiger partial charge in [0.05, 0.1) is 11.4 Å². The van der Waals surface area contributed by atoms with Gasteiger partial charge in [-0.25, -0.2) is 8.42 Å². The van der Waals surface area contributed by atoms with Crippen molar-refractivity contribution >= 4 is 15.9 Å². The zero-order chi connectivity index (χ0) is 19.3. The summed E-state index contributed by atoms with van der Waals surface area (Å²) in [5.74, 6) is 2.16. The summed E-state index contributed by atoms with van der Waals surface area (Å²) < 4.78 is 26.9. The van der Waals surface area contributed by atoms with Crippen molar-refractivity contribution < 1.29 is 13.2 Å². The van der Waals surface area contributed by atoms with Crippen molar-refractivity contribution in [3.05, 3.63) is 29.8 Å². The van der Waals surface area contributed by atoms with Crippen LogP contribution in [0.2, 0.25) is 0 Å². The Labute approximate surface area is 162 Å². The number of hydrogen-bond acceptors (Lipinski definition) is 4. The Hall–Kier alpha value is -1.88. The lowest BCUT2D eigenvalue weighted by atomic mass is 10.1. The fourth-order valence-electron chi connectivity index (χ4n) is 3.92. The van der Waals surface area contributed by atoms with Crippen molar-refractivity contribution in [2.45, 2.75) is 43.0 Å². The SMILES string of the molecule is C#CCNS(=O)(=O)c1cccc(C(=O)N2CCC[C@H]2CN2CCCCC2)c1. The summed E-state index contributed by atoms with van der Waals surface area (Å²) in [5.41, 5.74) is 0.407. The molecule has 1 amide bonds. The van der Waals surface area contributed by atoms with E-state index in [1.54, 1.807) is 12.1 Å². The van der Waals surface area contributed by atoms with E-state index in [0.29, 0.717) is 5.56 Å². The van der Waals surface area contributed by atoms with E-state index in [2.05, 4.69) is 15.5 Å². The highest BCUT2D eigenvalue weighted by molar-refractivity contribution is 7.89. The minimum Gasteiger partial charge on any atom is -0.334 e. The summed E-state index contributed by atoms with van der Waals surface area (Å²) in [5, 5.41) is 0. The summed E-state index contributed by atoms with van der Waals surface area (Å²) in [7, 11) is -3.71. The van der Waals surface area contributed by atoms with E-state index >= 15 is 0 Å². The Bertz CT molecular complexity index is 810. The topological polar surface area (TPSA) is 69.7 Å². The third-order valence-electron chi connectivity index (χ3n) is 5.31. The summed E-state index contributed by atoms with van der Waals surface area (Å²) in [6.07, 6.45) is 10.9. The van der Waals surface area contributed by atoms with Gasteiger partial charge in [0.25, 0.3) is 5.91 Å². The normalized spacial score (nSPS) is 21.1. The second kappa shape index (κ2) is 8.87. The van der Waals surface area contributed by atoms with E-state index in [1.807, 2.05) is 4.90 Å². The third kappa shape index (κ3) is 4.89. The lowest BCUT2D eigenvalue weighted by Gasteiger charge is -2.33. The van der Waals surface area contributed by atoms with Gasteiger partial charge in [-0.2, -0.15) is 4.72 Å². The van der Waals surface area contributed by atoms with Crippen molar-refractivity contribution in [3.8, 4) is 12.3 Å². The number of nitrogens with zero attached hydrogens (tertiary/aromatic N) is 2. The molecule has 0 unspecified atom stereocenters. The molecule has 2 heterocycles. The zero-order valence-electron chi connectivity index (χ0n) is 15.6. The highest BCUT2D eigenvalue weighted by atomic mass is 32.2. The van der Waals surface area contributed by atoms with Crippen molar-refractivity contribution in [3.63, 3.8) is 0 Å². The van der Waals surface area contributed by atoms with E-state index in [0.717, 1.165) is 39.0 Å². The molecule has 1 atom stereocenters. The lowest BCUT2D eigenvalue weighted by molar-refractivity contribution is 0.0690. The Morgan fingerprint density at radius 2 is 1.96 bits per heavy atom. The molecule has 1 aromatic rings. The van der Waals surface area contributed by atoms with Crippen LogP contribution in [0.3, 0.4) is 0 Å². The molecule has 0 saturated carbocycles.